The maximum absolute atomic E-state index is 5.76. The molecule has 0 aliphatic rings. The van der Waals surface area contributed by atoms with Gasteiger partial charge in [-0.2, -0.15) is 0 Å². The van der Waals surface area contributed by atoms with Crippen LogP contribution in [-0.4, -0.2) is 9.97 Å². The van der Waals surface area contributed by atoms with Crippen molar-refractivity contribution in [2.75, 3.05) is 5.32 Å². The van der Waals surface area contributed by atoms with Gasteiger partial charge >= 0.3 is 0 Å². The highest BCUT2D eigenvalue weighted by molar-refractivity contribution is 7.15. The Balaban J connectivity index is 1.95. The van der Waals surface area contributed by atoms with Crippen LogP contribution in [0.2, 0.25) is 4.34 Å². The number of hydrogen-bond donors (Lipinski definition) is 1. The van der Waals surface area contributed by atoms with Crippen molar-refractivity contribution in [3.63, 3.8) is 0 Å². The number of hydrogen-bond acceptors (Lipinski definition) is 4. The normalized spacial score (nSPS) is 10.1. The van der Waals surface area contributed by atoms with Crippen LogP contribution in [0.1, 0.15) is 5.01 Å². The van der Waals surface area contributed by atoms with Gasteiger partial charge in [0.2, 0.25) is 0 Å². The summed E-state index contributed by atoms with van der Waals surface area (Å²) in [6.07, 6.45) is 5.17. The quantitative estimate of drug-likeness (QED) is 0.873. The first kappa shape index (κ1) is 9.43. The molecule has 0 radical (unpaired) electrons. The molecule has 0 aliphatic carbocycles. The number of halogens is 1. The Bertz CT molecular complexity index is 401. The standard InChI is InChI=1S/C9H8ClN3S/c10-8-5-13-9(14-8)6-12-7-2-1-3-11-4-7/h1-5,12H,6H2. The van der Waals surface area contributed by atoms with Crippen molar-refractivity contribution in [2.24, 2.45) is 0 Å². The Morgan fingerprint density at radius 1 is 1.43 bits per heavy atom. The molecule has 72 valence electrons. The SMILES string of the molecule is Clc1cnc(CNc2cccnc2)s1. The Hall–Kier alpha value is -1.13. The summed E-state index contributed by atoms with van der Waals surface area (Å²) in [7, 11) is 0. The lowest BCUT2D eigenvalue weighted by molar-refractivity contribution is 1.10. The fraction of sp³-hybridized carbons (Fsp3) is 0.111. The first-order valence-corrected chi connectivity index (χ1v) is 5.28. The number of nitrogens with zero attached hydrogens (tertiary/aromatic N) is 2. The van der Waals surface area contributed by atoms with Gasteiger partial charge in [0.15, 0.2) is 0 Å². The van der Waals surface area contributed by atoms with Gasteiger partial charge in [0.1, 0.15) is 9.34 Å². The second kappa shape index (κ2) is 4.39. The van der Waals surface area contributed by atoms with E-state index in [4.69, 9.17) is 11.6 Å². The first-order valence-electron chi connectivity index (χ1n) is 4.09. The van der Waals surface area contributed by atoms with E-state index in [9.17, 15) is 0 Å². The molecule has 0 spiro atoms. The van der Waals surface area contributed by atoms with E-state index in [-0.39, 0.29) is 0 Å². The zero-order valence-corrected chi connectivity index (χ0v) is 8.85. The van der Waals surface area contributed by atoms with E-state index in [1.54, 1.807) is 18.6 Å². The molecule has 1 N–H and O–H groups in total. The first-order chi connectivity index (χ1) is 6.84. The minimum absolute atomic E-state index is 0.684. The lowest BCUT2D eigenvalue weighted by atomic mass is 10.4. The summed E-state index contributed by atoms with van der Waals surface area (Å²) >= 11 is 7.24. The molecule has 0 saturated carbocycles. The third-order valence-corrected chi connectivity index (χ3v) is 2.75. The molecular weight excluding hydrogens is 218 g/mol. The molecule has 0 aliphatic heterocycles. The number of pyridine rings is 1. The molecule has 0 aromatic carbocycles. The van der Waals surface area contributed by atoms with E-state index >= 15 is 0 Å². The van der Waals surface area contributed by atoms with Crippen molar-refractivity contribution < 1.29 is 0 Å². The predicted octanol–water partition coefficient (Wildman–Crippen LogP) is 2.80. The van der Waals surface area contributed by atoms with Gasteiger partial charge in [-0.3, -0.25) is 4.98 Å². The Labute approximate surface area is 90.8 Å². The Morgan fingerprint density at radius 2 is 2.36 bits per heavy atom. The van der Waals surface area contributed by atoms with Crippen LogP contribution in [0, 0.1) is 0 Å². The molecule has 2 rings (SSSR count). The Morgan fingerprint density at radius 3 is 3.00 bits per heavy atom. The van der Waals surface area contributed by atoms with Gasteiger partial charge in [0.05, 0.1) is 18.4 Å². The van der Waals surface area contributed by atoms with Gasteiger partial charge in [-0.1, -0.05) is 11.6 Å². The van der Waals surface area contributed by atoms with Gasteiger partial charge in [0.25, 0.3) is 0 Å². The molecule has 3 nitrogen and oxygen atoms in total. The molecule has 0 bridgehead atoms. The lowest BCUT2D eigenvalue weighted by Crippen LogP contribution is -1.98. The molecule has 0 amide bonds. The number of anilines is 1. The molecule has 2 aromatic rings. The van der Waals surface area contributed by atoms with Crippen LogP contribution in [0.5, 0.6) is 0 Å². The predicted molar refractivity (Wildman–Crippen MR) is 58.7 cm³/mol. The largest absolute Gasteiger partial charge is 0.377 e. The van der Waals surface area contributed by atoms with E-state index in [0.717, 1.165) is 10.7 Å². The van der Waals surface area contributed by atoms with Crippen molar-refractivity contribution in [1.82, 2.24) is 9.97 Å². The molecule has 5 heteroatoms. The second-order valence-corrected chi connectivity index (χ2v) is 4.40. The number of rotatable bonds is 3. The maximum atomic E-state index is 5.76. The van der Waals surface area contributed by atoms with Crippen LogP contribution in [0.4, 0.5) is 5.69 Å². The monoisotopic (exact) mass is 225 g/mol. The minimum Gasteiger partial charge on any atom is -0.377 e. The van der Waals surface area contributed by atoms with E-state index in [1.165, 1.54) is 11.3 Å². The summed E-state index contributed by atoms with van der Waals surface area (Å²) in [4.78, 5) is 8.13. The third-order valence-electron chi connectivity index (χ3n) is 1.63. The van der Waals surface area contributed by atoms with Gasteiger partial charge < -0.3 is 5.32 Å². The van der Waals surface area contributed by atoms with Crippen molar-refractivity contribution in [2.45, 2.75) is 6.54 Å². The summed E-state index contributed by atoms with van der Waals surface area (Å²) in [6.45, 7) is 0.684. The molecule has 0 saturated heterocycles. The van der Waals surface area contributed by atoms with E-state index in [1.807, 2.05) is 12.1 Å². The summed E-state index contributed by atoms with van der Waals surface area (Å²) in [5.41, 5.74) is 0.985. The smallest absolute Gasteiger partial charge is 0.113 e. The number of nitrogens with one attached hydrogen (secondary N) is 1. The second-order valence-electron chi connectivity index (χ2n) is 2.65. The van der Waals surface area contributed by atoms with Crippen molar-refractivity contribution in [3.05, 3.63) is 40.1 Å². The van der Waals surface area contributed by atoms with Crippen LogP contribution in [0.25, 0.3) is 0 Å². The Kier molecular flexibility index (Phi) is 2.96. The van der Waals surface area contributed by atoms with E-state index in [0.29, 0.717) is 10.9 Å². The molecule has 2 aromatic heterocycles. The fourth-order valence-corrected chi connectivity index (χ4v) is 1.91. The molecule has 14 heavy (non-hydrogen) atoms. The highest BCUT2D eigenvalue weighted by atomic mass is 35.5. The minimum atomic E-state index is 0.684. The topological polar surface area (TPSA) is 37.8 Å². The van der Waals surface area contributed by atoms with Crippen LogP contribution >= 0.6 is 22.9 Å². The summed E-state index contributed by atoms with van der Waals surface area (Å²) < 4.78 is 0.716. The van der Waals surface area contributed by atoms with Crippen LogP contribution in [0.15, 0.2) is 30.7 Å². The third kappa shape index (κ3) is 2.43. The molecular formula is C9H8ClN3S. The summed E-state index contributed by atoms with van der Waals surface area (Å²) in [5.74, 6) is 0. The fourth-order valence-electron chi connectivity index (χ4n) is 1.01. The van der Waals surface area contributed by atoms with E-state index in [2.05, 4.69) is 15.3 Å². The van der Waals surface area contributed by atoms with Gasteiger partial charge in [-0.15, -0.1) is 11.3 Å². The van der Waals surface area contributed by atoms with Gasteiger partial charge in [-0.25, -0.2) is 4.98 Å². The highest BCUT2D eigenvalue weighted by Gasteiger charge is 1.98. The van der Waals surface area contributed by atoms with Crippen LogP contribution < -0.4 is 5.32 Å². The molecule has 0 fully saturated rings. The number of thiazole rings is 1. The number of aromatic nitrogens is 2. The molecule has 0 atom stereocenters. The van der Waals surface area contributed by atoms with Crippen molar-refractivity contribution >= 4 is 28.6 Å². The average molecular weight is 226 g/mol. The van der Waals surface area contributed by atoms with E-state index < -0.39 is 0 Å². The van der Waals surface area contributed by atoms with Gasteiger partial charge in [0, 0.05) is 12.4 Å². The average Bonchev–Trinajstić information content (AvgIpc) is 2.63. The van der Waals surface area contributed by atoms with Crippen molar-refractivity contribution in [3.8, 4) is 0 Å². The van der Waals surface area contributed by atoms with Gasteiger partial charge in [-0.05, 0) is 12.1 Å². The summed E-state index contributed by atoms with van der Waals surface area (Å²) in [5, 5.41) is 4.17. The zero-order valence-electron chi connectivity index (χ0n) is 7.27. The maximum Gasteiger partial charge on any atom is 0.113 e. The van der Waals surface area contributed by atoms with Crippen molar-refractivity contribution in [1.29, 1.82) is 0 Å². The molecule has 0 unspecified atom stereocenters. The van der Waals surface area contributed by atoms with Crippen LogP contribution in [0.3, 0.4) is 0 Å². The highest BCUT2D eigenvalue weighted by Crippen LogP contribution is 2.18. The van der Waals surface area contributed by atoms with Crippen LogP contribution in [-0.2, 0) is 6.54 Å². The lowest BCUT2D eigenvalue weighted by Gasteiger charge is -2.01. The zero-order chi connectivity index (χ0) is 9.80. The summed E-state index contributed by atoms with van der Waals surface area (Å²) in [6, 6.07) is 3.85. The molecule has 2 heterocycles.